The Morgan fingerprint density at radius 1 is 1.12 bits per heavy atom. The second-order valence-electron chi connectivity index (χ2n) is 6.26. The SMILES string of the molecule is CN1CCN(S(=O)(=O)CCC(=O)Nc2ccc(N(C)C)cc2)CC1. The molecule has 0 bridgehead atoms. The summed E-state index contributed by atoms with van der Waals surface area (Å²) in [6.45, 7) is 2.44. The maximum atomic E-state index is 12.3. The summed E-state index contributed by atoms with van der Waals surface area (Å²) in [5.41, 5.74) is 1.70. The number of hydrogen-bond acceptors (Lipinski definition) is 5. The number of amides is 1. The lowest BCUT2D eigenvalue weighted by Gasteiger charge is -2.31. The van der Waals surface area contributed by atoms with Crippen LogP contribution in [-0.2, 0) is 14.8 Å². The summed E-state index contributed by atoms with van der Waals surface area (Å²) >= 11 is 0. The number of nitrogens with one attached hydrogen (secondary N) is 1. The van der Waals surface area contributed by atoms with Gasteiger partial charge in [0.1, 0.15) is 0 Å². The lowest BCUT2D eigenvalue weighted by Crippen LogP contribution is -2.47. The summed E-state index contributed by atoms with van der Waals surface area (Å²) in [5.74, 6) is -0.441. The summed E-state index contributed by atoms with van der Waals surface area (Å²) in [6, 6.07) is 7.41. The molecule has 0 radical (unpaired) electrons. The van der Waals surface area contributed by atoms with Gasteiger partial charge in [-0.2, -0.15) is 4.31 Å². The van der Waals surface area contributed by atoms with Crippen LogP contribution in [0.5, 0.6) is 0 Å². The average Bonchev–Trinajstić information content (AvgIpc) is 2.54. The van der Waals surface area contributed by atoms with E-state index in [1.165, 1.54) is 4.31 Å². The molecule has 0 unspecified atom stereocenters. The highest BCUT2D eigenvalue weighted by atomic mass is 32.2. The first-order chi connectivity index (χ1) is 11.3. The van der Waals surface area contributed by atoms with Crippen molar-refractivity contribution in [3.63, 3.8) is 0 Å². The molecule has 24 heavy (non-hydrogen) atoms. The predicted molar refractivity (Wildman–Crippen MR) is 96.9 cm³/mol. The van der Waals surface area contributed by atoms with Crippen LogP contribution < -0.4 is 10.2 Å². The Labute approximate surface area is 144 Å². The van der Waals surface area contributed by atoms with E-state index in [1.807, 2.05) is 50.3 Å². The van der Waals surface area contributed by atoms with Gasteiger partial charge in [0, 0.05) is 58.1 Å². The first-order valence-corrected chi connectivity index (χ1v) is 9.62. The van der Waals surface area contributed by atoms with E-state index >= 15 is 0 Å². The molecule has 1 heterocycles. The molecule has 1 amide bonds. The second-order valence-corrected chi connectivity index (χ2v) is 8.35. The Kier molecular flexibility index (Phi) is 6.20. The van der Waals surface area contributed by atoms with Crippen LogP contribution in [0.25, 0.3) is 0 Å². The average molecular weight is 354 g/mol. The van der Waals surface area contributed by atoms with Crippen LogP contribution in [0, 0.1) is 0 Å². The maximum absolute atomic E-state index is 12.3. The lowest BCUT2D eigenvalue weighted by atomic mass is 10.2. The number of benzene rings is 1. The lowest BCUT2D eigenvalue weighted by molar-refractivity contribution is -0.115. The fourth-order valence-corrected chi connectivity index (χ4v) is 3.90. The van der Waals surface area contributed by atoms with E-state index in [2.05, 4.69) is 10.2 Å². The number of carbonyl (C=O) groups excluding carboxylic acids is 1. The molecular formula is C16H26N4O3S. The van der Waals surface area contributed by atoms with Crippen molar-refractivity contribution in [3.05, 3.63) is 24.3 Å². The van der Waals surface area contributed by atoms with Gasteiger partial charge in [-0.3, -0.25) is 4.79 Å². The Balaban J connectivity index is 1.84. The molecule has 0 aromatic heterocycles. The molecule has 1 saturated heterocycles. The second kappa shape index (κ2) is 7.96. The summed E-state index contributed by atoms with van der Waals surface area (Å²) in [7, 11) is 2.48. The normalized spacial score (nSPS) is 16.8. The Bertz CT molecular complexity index is 650. The van der Waals surface area contributed by atoms with Gasteiger partial charge in [0.05, 0.1) is 5.75 Å². The standard InChI is InChI=1S/C16H26N4O3S/c1-18(2)15-6-4-14(5-7-15)17-16(21)8-13-24(22,23)20-11-9-19(3)10-12-20/h4-7H,8-13H2,1-3H3,(H,17,21). The highest BCUT2D eigenvalue weighted by Crippen LogP contribution is 2.16. The van der Waals surface area contributed by atoms with Crippen molar-refractivity contribution in [2.75, 3.05) is 63.3 Å². The highest BCUT2D eigenvalue weighted by molar-refractivity contribution is 7.89. The summed E-state index contributed by atoms with van der Waals surface area (Å²) in [6.07, 6.45) is -0.0376. The molecule has 7 nitrogen and oxygen atoms in total. The van der Waals surface area contributed by atoms with Crippen LogP contribution in [0.2, 0.25) is 0 Å². The quantitative estimate of drug-likeness (QED) is 0.812. The van der Waals surface area contributed by atoms with Gasteiger partial charge < -0.3 is 15.1 Å². The van der Waals surface area contributed by atoms with Gasteiger partial charge in [0.15, 0.2) is 0 Å². The van der Waals surface area contributed by atoms with Crippen molar-refractivity contribution < 1.29 is 13.2 Å². The highest BCUT2D eigenvalue weighted by Gasteiger charge is 2.26. The Morgan fingerprint density at radius 3 is 2.25 bits per heavy atom. The van der Waals surface area contributed by atoms with Gasteiger partial charge in [-0.1, -0.05) is 0 Å². The third-order valence-electron chi connectivity index (χ3n) is 4.11. The maximum Gasteiger partial charge on any atom is 0.225 e. The van der Waals surface area contributed by atoms with Crippen molar-refractivity contribution in [1.29, 1.82) is 0 Å². The minimum absolute atomic E-state index is 0.0376. The molecule has 1 fully saturated rings. The molecule has 1 aromatic rings. The number of anilines is 2. The Morgan fingerprint density at radius 2 is 1.71 bits per heavy atom. The zero-order chi connectivity index (χ0) is 17.7. The Hall–Kier alpha value is -1.64. The van der Waals surface area contributed by atoms with Gasteiger partial charge in [-0.05, 0) is 31.3 Å². The first-order valence-electron chi connectivity index (χ1n) is 8.01. The summed E-state index contributed by atoms with van der Waals surface area (Å²) < 4.78 is 26.1. The molecule has 1 aliphatic rings. The van der Waals surface area contributed by atoms with Gasteiger partial charge >= 0.3 is 0 Å². The van der Waals surface area contributed by atoms with E-state index < -0.39 is 10.0 Å². The minimum atomic E-state index is -3.37. The molecule has 2 rings (SSSR count). The summed E-state index contributed by atoms with van der Waals surface area (Å²) in [5, 5.41) is 2.74. The summed E-state index contributed by atoms with van der Waals surface area (Å²) in [4.78, 5) is 16.1. The van der Waals surface area contributed by atoms with Crippen molar-refractivity contribution >= 4 is 27.3 Å². The van der Waals surface area contributed by atoms with E-state index in [1.54, 1.807) is 0 Å². The van der Waals surface area contributed by atoms with E-state index in [4.69, 9.17) is 0 Å². The molecule has 0 saturated carbocycles. The molecule has 1 aromatic carbocycles. The molecule has 0 atom stereocenters. The first kappa shape index (κ1) is 18.7. The van der Waals surface area contributed by atoms with Gasteiger partial charge in [0.2, 0.25) is 15.9 Å². The van der Waals surface area contributed by atoms with E-state index in [9.17, 15) is 13.2 Å². The zero-order valence-corrected chi connectivity index (χ0v) is 15.3. The van der Waals surface area contributed by atoms with Crippen molar-refractivity contribution in [2.45, 2.75) is 6.42 Å². The molecule has 0 aliphatic carbocycles. The van der Waals surface area contributed by atoms with Gasteiger partial charge in [-0.25, -0.2) is 8.42 Å². The fourth-order valence-electron chi connectivity index (χ4n) is 2.48. The zero-order valence-electron chi connectivity index (χ0n) is 14.5. The number of carbonyl (C=O) groups is 1. The number of nitrogens with zero attached hydrogens (tertiary/aromatic N) is 3. The van der Waals surface area contributed by atoms with Crippen LogP contribution in [0.4, 0.5) is 11.4 Å². The third kappa shape index (κ3) is 5.19. The number of likely N-dealkylation sites (N-methyl/N-ethyl adjacent to an activating group) is 1. The topological polar surface area (TPSA) is 73.0 Å². The van der Waals surface area contributed by atoms with E-state index in [-0.39, 0.29) is 18.1 Å². The molecule has 8 heteroatoms. The van der Waals surface area contributed by atoms with Crippen molar-refractivity contribution in [1.82, 2.24) is 9.21 Å². The van der Waals surface area contributed by atoms with E-state index in [0.29, 0.717) is 18.8 Å². The number of rotatable bonds is 6. The van der Waals surface area contributed by atoms with Crippen molar-refractivity contribution in [3.8, 4) is 0 Å². The largest absolute Gasteiger partial charge is 0.378 e. The number of hydrogen-bond donors (Lipinski definition) is 1. The van der Waals surface area contributed by atoms with Crippen LogP contribution in [0.3, 0.4) is 0 Å². The molecule has 134 valence electrons. The third-order valence-corrected chi connectivity index (χ3v) is 5.98. The van der Waals surface area contributed by atoms with Crippen LogP contribution >= 0.6 is 0 Å². The number of sulfonamides is 1. The fraction of sp³-hybridized carbons (Fsp3) is 0.562. The smallest absolute Gasteiger partial charge is 0.225 e. The molecule has 0 spiro atoms. The van der Waals surface area contributed by atoms with Crippen LogP contribution in [0.15, 0.2) is 24.3 Å². The van der Waals surface area contributed by atoms with Gasteiger partial charge in [-0.15, -0.1) is 0 Å². The molecule has 1 N–H and O–H groups in total. The predicted octanol–water partition coefficient (Wildman–Crippen LogP) is 0.658. The van der Waals surface area contributed by atoms with Gasteiger partial charge in [0.25, 0.3) is 0 Å². The van der Waals surface area contributed by atoms with Crippen molar-refractivity contribution in [2.24, 2.45) is 0 Å². The molecular weight excluding hydrogens is 328 g/mol. The monoisotopic (exact) mass is 354 g/mol. The molecule has 1 aliphatic heterocycles. The van der Waals surface area contributed by atoms with E-state index in [0.717, 1.165) is 18.8 Å². The number of piperazine rings is 1. The van der Waals surface area contributed by atoms with Crippen LogP contribution in [0.1, 0.15) is 6.42 Å². The minimum Gasteiger partial charge on any atom is -0.378 e. The van der Waals surface area contributed by atoms with Crippen LogP contribution in [-0.4, -0.2) is 76.6 Å².